The van der Waals surface area contributed by atoms with Crippen LogP contribution in [0.1, 0.15) is 0 Å². The third-order valence-electron chi connectivity index (χ3n) is 3.39. The Kier molecular flexibility index (Phi) is 3.52. The lowest BCUT2D eigenvalue weighted by Crippen LogP contribution is -1.82. The Bertz CT molecular complexity index is 993. The molecule has 23 heavy (non-hydrogen) atoms. The Hall–Kier alpha value is -2.37. The third-order valence-corrected chi connectivity index (χ3v) is 4.65. The number of hydrogen-bond acceptors (Lipinski definition) is 5. The molecule has 0 saturated carbocycles. The minimum atomic E-state index is 0.500. The van der Waals surface area contributed by atoms with E-state index in [0.29, 0.717) is 16.7 Å². The van der Waals surface area contributed by atoms with Crippen LogP contribution in [0.15, 0.2) is 53.1 Å². The first-order valence-electron chi connectivity index (χ1n) is 6.89. The Morgan fingerprint density at radius 3 is 2.96 bits per heavy atom. The molecule has 0 unspecified atom stereocenters. The molecule has 0 amide bonds. The molecular formula is C17H11ClN2O2S. The summed E-state index contributed by atoms with van der Waals surface area (Å²) in [4.78, 5) is 8.88. The van der Waals surface area contributed by atoms with E-state index in [1.54, 1.807) is 13.3 Å². The third kappa shape index (κ3) is 2.69. The van der Waals surface area contributed by atoms with Crippen molar-refractivity contribution in [2.24, 2.45) is 0 Å². The summed E-state index contributed by atoms with van der Waals surface area (Å²) in [5.74, 6) is 1.95. The quantitative estimate of drug-likeness (QED) is 0.508. The number of halogens is 1. The second kappa shape index (κ2) is 5.68. The number of methoxy groups -OCH3 is 1. The Balaban J connectivity index is 1.73. The SMILES string of the molecule is COc1cccc(-c2cnc(-c3nc4cc(Cl)ccc4s3)o2)c1. The maximum absolute atomic E-state index is 6.00. The molecular weight excluding hydrogens is 332 g/mol. The van der Waals surface area contributed by atoms with E-state index in [4.69, 9.17) is 20.8 Å². The molecule has 0 atom stereocenters. The molecule has 0 aliphatic rings. The molecule has 0 bridgehead atoms. The number of ether oxygens (including phenoxy) is 1. The van der Waals surface area contributed by atoms with Crippen molar-refractivity contribution in [2.75, 3.05) is 7.11 Å². The van der Waals surface area contributed by atoms with Gasteiger partial charge in [-0.3, -0.25) is 0 Å². The van der Waals surface area contributed by atoms with Gasteiger partial charge < -0.3 is 9.15 Å². The predicted molar refractivity (Wildman–Crippen MR) is 92.1 cm³/mol. The largest absolute Gasteiger partial charge is 0.497 e. The number of fused-ring (bicyclic) bond motifs is 1. The summed E-state index contributed by atoms with van der Waals surface area (Å²) in [6, 6.07) is 13.3. The number of aromatic nitrogens is 2. The van der Waals surface area contributed by atoms with Crippen molar-refractivity contribution in [3.8, 4) is 28.0 Å². The van der Waals surface area contributed by atoms with Gasteiger partial charge in [0.25, 0.3) is 5.89 Å². The summed E-state index contributed by atoms with van der Waals surface area (Å²) in [5, 5.41) is 1.40. The van der Waals surface area contributed by atoms with Gasteiger partial charge in [-0.05, 0) is 30.3 Å². The van der Waals surface area contributed by atoms with Crippen LogP contribution in [-0.2, 0) is 0 Å². The summed E-state index contributed by atoms with van der Waals surface area (Å²) in [6.07, 6.45) is 1.70. The normalized spacial score (nSPS) is 11.0. The standard InChI is InChI=1S/C17H11ClN2O2S/c1-21-12-4-2-3-10(7-12)14-9-19-16(22-14)17-20-13-8-11(18)5-6-15(13)23-17/h2-9H,1H3. The van der Waals surface area contributed by atoms with Gasteiger partial charge >= 0.3 is 0 Å². The molecule has 2 aromatic heterocycles. The average molecular weight is 343 g/mol. The van der Waals surface area contributed by atoms with Crippen LogP contribution >= 0.6 is 22.9 Å². The highest BCUT2D eigenvalue weighted by molar-refractivity contribution is 7.21. The van der Waals surface area contributed by atoms with Crippen molar-refractivity contribution in [3.05, 3.63) is 53.7 Å². The zero-order valence-electron chi connectivity index (χ0n) is 12.1. The maximum Gasteiger partial charge on any atom is 0.256 e. The van der Waals surface area contributed by atoms with Crippen LogP contribution in [0.2, 0.25) is 5.02 Å². The van der Waals surface area contributed by atoms with E-state index in [1.807, 2.05) is 42.5 Å². The minimum absolute atomic E-state index is 0.500. The smallest absolute Gasteiger partial charge is 0.256 e. The monoisotopic (exact) mass is 342 g/mol. The second-order valence-electron chi connectivity index (χ2n) is 4.89. The fourth-order valence-electron chi connectivity index (χ4n) is 2.27. The molecule has 2 heterocycles. The van der Waals surface area contributed by atoms with E-state index >= 15 is 0 Å². The molecule has 0 saturated heterocycles. The van der Waals surface area contributed by atoms with Gasteiger partial charge in [-0.1, -0.05) is 23.7 Å². The van der Waals surface area contributed by atoms with Gasteiger partial charge in [0, 0.05) is 10.6 Å². The Morgan fingerprint density at radius 2 is 2.09 bits per heavy atom. The fourth-order valence-corrected chi connectivity index (χ4v) is 3.32. The first-order valence-corrected chi connectivity index (χ1v) is 8.09. The van der Waals surface area contributed by atoms with E-state index < -0.39 is 0 Å². The van der Waals surface area contributed by atoms with E-state index in [9.17, 15) is 0 Å². The molecule has 0 N–H and O–H groups in total. The highest BCUT2D eigenvalue weighted by Gasteiger charge is 2.13. The van der Waals surface area contributed by atoms with Crippen LogP contribution in [0, 0.1) is 0 Å². The number of hydrogen-bond donors (Lipinski definition) is 0. The van der Waals surface area contributed by atoms with Crippen LogP contribution < -0.4 is 4.74 Å². The summed E-state index contributed by atoms with van der Waals surface area (Å²) in [6.45, 7) is 0. The van der Waals surface area contributed by atoms with Gasteiger partial charge in [0.2, 0.25) is 0 Å². The predicted octanol–water partition coefficient (Wildman–Crippen LogP) is 5.28. The maximum atomic E-state index is 6.00. The van der Waals surface area contributed by atoms with Crippen LogP contribution in [-0.4, -0.2) is 17.1 Å². The lowest BCUT2D eigenvalue weighted by Gasteiger charge is -2.00. The molecule has 2 aromatic carbocycles. The van der Waals surface area contributed by atoms with Crippen molar-refractivity contribution in [1.29, 1.82) is 0 Å². The molecule has 4 nitrogen and oxygen atoms in total. The number of oxazole rings is 1. The van der Waals surface area contributed by atoms with Gasteiger partial charge in [-0.25, -0.2) is 9.97 Å². The second-order valence-corrected chi connectivity index (χ2v) is 6.36. The Labute approximate surface area is 141 Å². The number of benzene rings is 2. The highest BCUT2D eigenvalue weighted by atomic mass is 35.5. The van der Waals surface area contributed by atoms with E-state index in [1.165, 1.54) is 11.3 Å². The summed E-state index contributed by atoms with van der Waals surface area (Å²) in [5.41, 5.74) is 1.76. The van der Waals surface area contributed by atoms with Crippen molar-refractivity contribution >= 4 is 33.2 Å². The molecule has 0 aliphatic carbocycles. The molecule has 0 radical (unpaired) electrons. The van der Waals surface area contributed by atoms with Crippen LogP contribution in [0.5, 0.6) is 5.75 Å². The van der Waals surface area contributed by atoms with E-state index in [0.717, 1.165) is 26.5 Å². The van der Waals surface area contributed by atoms with Gasteiger partial charge in [0.15, 0.2) is 10.8 Å². The molecule has 114 valence electrons. The molecule has 4 rings (SSSR count). The van der Waals surface area contributed by atoms with Gasteiger partial charge in [-0.15, -0.1) is 11.3 Å². The lowest BCUT2D eigenvalue weighted by molar-refractivity contribution is 0.415. The first-order chi connectivity index (χ1) is 11.2. The number of rotatable bonds is 3. The molecule has 4 aromatic rings. The summed E-state index contributed by atoms with van der Waals surface area (Å²) in [7, 11) is 1.64. The summed E-state index contributed by atoms with van der Waals surface area (Å²) < 4.78 is 12.1. The van der Waals surface area contributed by atoms with Gasteiger partial charge in [-0.2, -0.15) is 0 Å². The lowest BCUT2D eigenvalue weighted by atomic mass is 10.2. The first kappa shape index (κ1) is 14.2. The average Bonchev–Trinajstić information content (AvgIpc) is 3.21. The number of thiazole rings is 1. The van der Waals surface area contributed by atoms with Crippen LogP contribution in [0.4, 0.5) is 0 Å². The van der Waals surface area contributed by atoms with Crippen molar-refractivity contribution in [1.82, 2.24) is 9.97 Å². The topological polar surface area (TPSA) is 48.2 Å². The van der Waals surface area contributed by atoms with E-state index in [2.05, 4.69) is 9.97 Å². The minimum Gasteiger partial charge on any atom is -0.497 e. The molecule has 6 heteroatoms. The Morgan fingerprint density at radius 1 is 1.17 bits per heavy atom. The fraction of sp³-hybridized carbons (Fsp3) is 0.0588. The highest BCUT2D eigenvalue weighted by Crippen LogP contribution is 2.33. The number of nitrogens with zero attached hydrogens (tertiary/aromatic N) is 2. The van der Waals surface area contributed by atoms with Crippen molar-refractivity contribution in [3.63, 3.8) is 0 Å². The molecule has 0 fully saturated rings. The molecule has 0 spiro atoms. The molecule has 0 aliphatic heterocycles. The van der Waals surface area contributed by atoms with E-state index in [-0.39, 0.29) is 0 Å². The van der Waals surface area contributed by atoms with Crippen LogP contribution in [0.25, 0.3) is 32.4 Å². The zero-order valence-corrected chi connectivity index (χ0v) is 13.7. The van der Waals surface area contributed by atoms with Gasteiger partial charge in [0.05, 0.1) is 23.5 Å². The van der Waals surface area contributed by atoms with Gasteiger partial charge in [0.1, 0.15) is 5.75 Å². The van der Waals surface area contributed by atoms with Crippen molar-refractivity contribution < 1.29 is 9.15 Å². The van der Waals surface area contributed by atoms with Crippen LogP contribution in [0.3, 0.4) is 0 Å². The summed E-state index contributed by atoms with van der Waals surface area (Å²) >= 11 is 7.52. The van der Waals surface area contributed by atoms with Crippen molar-refractivity contribution in [2.45, 2.75) is 0 Å². The zero-order chi connectivity index (χ0) is 15.8.